The van der Waals surface area contributed by atoms with Crippen LogP contribution in [0.25, 0.3) is 0 Å². The van der Waals surface area contributed by atoms with E-state index >= 15 is 0 Å². The van der Waals surface area contributed by atoms with Crippen LogP contribution in [0.2, 0.25) is 0 Å². The molecular weight excluding hydrogens is 252 g/mol. The van der Waals surface area contributed by atoms with Crippen LogP contribution in [0.5, 0.6) is 0 Å². The molecule has 0 spiro atoms. The van der Waals surface area contributed by atoms with Gasteiger partial charge in [-0.05, 0) is 27.2 Å². The smallest absolute Gasteiger partial charge is 0.244 e. The molecule has 1 heterocycles. The summed E-state index contributed by atoms with van der Waals surface area (Å²) in [5, 5.41) is 0. The zero-order chi connectivity index (χ0) is 13.9. The minimum atomic E-state index is -3.56. The minimum Gasteiger partial charge on any atom is -0.465 e. The maximum atomic E-state index is 12.3. The predicted octanol–water partition coefficient (Wildman–Crippen LogP) is 1.82. The van der Waals surface area contributed by atoms with Crippen LogP contribution in [0.1, 0.15) is 43.8 Å². The summed E-state index contributed by atoms with van der Waals surface area (Å²) in [5.41, 5.74) is 6.16. The van der Waals surface area contributed by atoms with Crippen molar-refractivity contribution in [2.75, 3.05) is 0 Å². The Morgan fingerprint density at radius 2 is 1.94 bits per heavy atom. The van der Waals surface area contributed by atoms with E-state index in [1.54, 1.807) is 13.8 Å². The van der Waals surface area contributed by atoms with Gasteiger partial charge in [-0.3, -0.25) is 0 Å². The summed E-state index contributed by atoms with van der Waals surface area (Å²) in [6.07, 6.45) is 1.73. The summed E-state index contributed by atoms with van der Waals surface area (Å²) in [4.78, 5) is 0.199. The summed E-state index contributed by atoms with van der Waals surface area (Å²) in [6.45, 7) is 7.39. The Morgan fingerprint density at radius 3 is 2.44 bits per heavy atom. The lowest BCUT2D eigenvalue weighted by Crippen LogP contribution is -2.33. The highest BCUT2D eigenvalue weighted by Crippen LogP contribution is 2.26. The van der Waals surface area contributed by atoms with Gasteiger partial charge in [-0.25, -0.2) is 13.1 Å². The molecule has 0 saturated carbocycles. The molecule has 1 unspecified atom stereocenters. The molecule has 18 heavy (non-hydrogen) atoms. The van der Waals surface area contributed by atoms with Gasteiger partial charge in [-0.1, -0.05) is 13.3 Å². The summed E-state index contributed by atoms with van der Waals surface area (Å²) >= 11 is 0. The standard InChI is InChI=1S/C12H22N2O3S/c1-5-6-8(2)14-18(15,16)12-10(4)17-9(3)11(12)7-13/h8,14H,5-7,13H2,1-4H3. The van der Waals surface area contributed by atoms with Crippen molar-refractivity contribution in [2.24, 2.45) is 5.73 Å². The third-order valence-corrected chi connectivity index (χ3v) is 4.66. The second kappa shape index (κ2) is 5.86. The van der Waals surface area contributed by atoms with Crippen molar-refractivity contribution in [2.45, 2.75) is 58.0 Å². The van der Waals surface area contributed by atoms with Gasteiger partial charge in [0.15, 0.2) is 0 Å². The fraction of sp³-hybridized carbons (Fsp3) is 0.667. The number of hydrogen-bond acceptors (Lipinski definition) is 4. The number of nitrogens with one attached hydrogen (secondary N) is 1. The Hall–Kier alpha value is -0.850. The first kappa shape index (κ1) is 15.2. The van der Waals surface area contributed by atoms with Crippen molar-refractivity contribution in [1.29, 1.82) is 0 Å². The quantitative estimate of drug-likeness (QED) is 0.828. The molecule has 1 aromatic heterocycles. The van der Waals surface area contributed by atoms with E-state index in [1.807, 2.05) is 13.8 Å². The fourth-order valence-corrected chi connectivity index (χ4v) is 3.85. The Balaban J connectivity index is 3.12. The lowest BCUT2D eigenvalue weighted by molar-refractivity contribution is 0.492. The maximum Gasteiger partial charge on any atom is 0.244 e. The van der Waals surface area contributed by atoms with Gasteiger partial charge >= 0.3 is 0 Å². The van der Waals surface area contributed by atoms with Crippen molar-refractivity contribution in [1.82, 2.24) is 4.72 Å². The van der Waals surface area contributed by atoms with Crippen molar-refractivity contribution in [3.05, 3.63) is 17.1 Å². The van der Waals surface area contributed by atoms with Gasteiger partial charge in [0.05, 0.1) is 0 Å². The van der Waals surface area contributed by atoms with Gasteiger partial charge in [0.1, 0.15) is 16.4 Å². The Kier molecular flexibility index (Phi) is 4.95. The molecule has 1 aromatic rings. The number of nitrogens with two attached hydrogens (primary N) is 1. The molecule has 0 radical (unpaired) electrons. The van der Waals surface area contributed by atoms with Gasteiger partial charge < -0.3 is 10.2 Å². The Labute approximate surface area is 109 Å². The molecule has 0 amide bonds. The van der Waals surface area contributed by atoms with Crippen LogP contribution < -0.4 is 10.5 Å². The van der Waals surface area contributed by atoms with Gasteiger partial charge in [0.25, 0.3) is 0 Å². The first-order chi connectivity index (χ1) is 8.33. The Morgan fingerprint density at radius 1 is 1.33 bits per heavy atom. The summed E-state index contributed by atoms with van der Waals surface area (Å²) in [6, 6.07) is -0.0970. The molecule has 0 aliphatic rings. The molecule has 104 valence electrons. The topological polar surface area (TPSA) is 85.3 Å². The van der Waals surface area contributed by atoms with Crippen LogP contribution in [-0.4, -0.2) is 14.5 Å². The molecule has 0 aliphatic carbocycles. The van der Waals surface area contributed by atoms with Gasteiger partial charge in [-0.2, -0.15) is 0 Å². The second-order valence-electron chi connectivity index (χ2n) is 4.54. The van der Waals surface area contributed by atoms with Crippen molar-refractivity contribution in [3.8, 4) is 0 Å². The molecule has 6 heteroatoms. The number of sulfonamides is 1. The molecule has 0 aliphatic heterocycles. The first-order valence-corrected chi connectivity index (χ1v) is 7.63. The van der Waals surface area contributed by atoms with E-state index in [4.69, 9.17) is 10.2 Å². The van der Waals surface area contributed by atoms with E-state index in [0.29, 0.717) is 17.1 Å². The molecule has 0 saturated heterocycles. The first-order valence-electron chi connectivity index (χ1n) is 6.14. The number of rotatable bonds is 6. The Bertz CT molecular complexity index is 506. The van der Waals surface area contributed by atoms with Crippen molar-refractivity contribution < 1.29 is 12.8 Å². The van der Waals surface area contributed by atoms with E-state index in [9.17, 15) is 8.42 Å². The molecule has 0 fully saturated rings. The largest absolute Gasteiger partial charge is 0.465 e. The van der Waals surface area contributed by atoms with Gasteiger partial charge in [-0.15, -0.1) is 0 Å². The van der Waals surface area contributed by atoms with Gasteiger partial charge in [0.2, 0.25) is 10.0 Å². The normalized spacial score (nSPS) is 13.8. The predicted molar refractivity (Wildman–Crippen MR) is 70.8 cm³/mol. The third-order valence-electron chi connectivity index (χ3n) is 2.88. The van der Waals surface area contributed by atoms with E-state index in [0.717, 1.165) is 12.8 Å². The monoisotopic (exact) mass is 274 g/mol. The van der Waals surface area contributed by atoms with Crippen LogP contribution in [-0.2, 0) is 16.6 Å². The molecule has 1 atom stereocenters. The zero-order valence-corrected chi connectivity index (χ0v) is 12.2. The molecule has 5 nitrogen and oxygen atoms in total. The van der Waals surface area contributed by atoms with E-state index < -0.39 is 10.0 Å². The van der Waals surface area contributed by atoms with Crippen LogP contribution in [0, 0.1) is 13.8 Å². The van der Waals surface area contributed by atoms with Crippen molar-refractivity contribution >= 4 is 10.0 Å². The molecular formula is C12H22N2O3S. The third kappa shape index (κ3) is 3.13. The van der Waals surface area contributed by atoms with E-state index in [-0.39, 0.29) is 17.5 Å². The SMILES string of the molecule is CCCC(C)NS(=O)(=O)c1c(C)oc(C)c1CN. The van der Waals surface area contributed by atoms with Crippen LogP contribution >= 0.6 is 0 Å². The fourth-order valence-electron chi connectivity index (χ4n) is 2.11. The average molecular weight is 274 g/mol. The van der Waals surface area contributed by atoms with E-state index in [1.165, 1.54) is 0 Å². The highest BCUT2D eigenvalue weighted by atomic mass is 32.2. The van der Waals surface area contributed by atoms with Gasteiger partial charge in [0, 0.05) is 18.2 Å². The van der Waals surface area contributed by atoms with Crippen LogP contribution in [0.4, 0.5) is 0 Å². The average Bonchev–Trinajstić information content (AvgIpc) is 2.52. The number of hydrogen-bond donors (Lipinski definition) is 2. The highest BCUT2D eigenvalue weighted by molar-refractivity contribution is 7.89. The zero-order valence-electron chi connectivity index (χ0n) is 11.4. The van der Waals surface area contributed by atoms with E-state index in [2.05, 4.69) is 4.72 Å². The molecule has 3 N–H and O–H groups in total. The highest BCUT2D eigenvalue weighted by Gasteiger charge is 2.27. The molecule has 0 aromatic carbocycles. The lowest BCUT2D eigenvalue weighted by Gasteiger charge is -2.13. The molecule has 1 rings (SSSR count). The summed E-state index contributed by atoms with van der Waals surface area (Å²) in [5.74, 6) is 0.961. The maximum absolute atomic E-state index is 12.3. The second-order valence-corrected chi connectivity index (χ2v) is 6.19. The number of furan rings is 1. The van der Waals surface area contributed by atoms with Crippen LogP contribution in [0.3, 0.4) is 0 Å². The number of aryl methyl sites for hydroxylation is 2. The van der Waals surface area contributed by atoms with Crippen molar-refractivity contribution in [3.63, 3.8) is 0 Å². The van der Waals surface area contributed by atoms with Crippen LogP contribution in [0.15, 0.2) is 9.31 Å². The summed E-state index contributed by atoms with van der Waals surface area (Å²) < 4.78 is 32.6. The summed E-state index contributed by atoms with van der Waals surface area (Å²) in [7, 11) is -3.56. The molecule has 0 bridgehead atoms. The lowest BCUT2D eigenvalue weighted by atomic mass is 10.2. The minimum absolute atomic E-state index is 0.0970.